The lowest BCUT2D eigenvalue weighted by molar-refractivity contribution is -0.192. The highest BCUT2D eigenvalue weighted by Crippen LogP contribution is 2.38. The Kier molecular flexibility index (Phi) is 7.43. The minimum absolute atomic E-state index is 0.140. The van der Waals surface area contributed by atoms with Crippen LogP contribution >= 0.6 is 11.6 Å². The molecule has 2 aromatic carbocycles. The van der Waals surface area contributed by atoms with E-state index in [-0.39, 0.29) is 25.3 Å². The summed E-state index contributed by atoms with van der Waals surface area (Å²) < 4.78 is 34.8. The van der Waals surface area contributed by atoms with Gasteiger partial charge in [0.15, 0.2) is 0 Å². The van der Waals surface area contributed by atoms with E-state index < -0.39 is 17.7 Å². The number of halogens is 2. The van der Waals surface area contributed by atoms with Gasteiger partial charge in [0.1, 0.15) is 43.5 Å². The van der Waals surface area contributed by atoms with E-state index in [4.69, 9.17) is 25.8 Å². The highest BCUT2D eigenvalue weighted by molar-refractivity contribution is 6.30. The number of aromatic nitrogens is 3. The highest BCUT2D eigenvalue weighted by atomic mass is 35.5. The first-order valence-corrected chi connectivity index (χ1v) is 12.6. The molecule has 0 aliphatic carbocycles. The predicted molar refractivity (Wildman–Crippen MR) is 135 cm³/mol. The van der Waals surface area contributed by atoms with Gasteiger partial charge in [-0.2, -0.15) is 5.10 Å². The summed E-state index contributed by atoms with van der Waals surface area (Å²) in [6.45, 7) is 9.30. The van der Waals surface area contributed by atoms with E-state index >= 15 is 0 Å². The number of benzene rings is 2. The van der Waals surface area contributed by atoms with Gasteiger partial charge in [0.05, 0.1) is 6.61 Å². The monoisotopic (exact) mass is 515 g/mol. The zero-order valence-corrected chi connectivity index (χ0v) is 21.3. The summed E-state index contributed by atoms with van der Waals surface area (Å²) in [6.07, 6.45) is 2.55. The van der Waals surface area contributed by atoms with Crippen molar-refractivity contribution in [3.8, 4) is 5.75 Å². The SMILES string of the molecule is CC(C)N1CCN(c2ccc(OCC3COC(Cn4cncn4)(c4ccc(Cl)cc4F)O3)cc2)CC1. The zero-order valence-electron chi connectivity index (χ0n) is 20.5. The Labute approximate surface area is 215 Å². The molecule has 10 heteroatoms. The first kappa shape index (κ1) is 25.0. The van der Waals surface area contributed by atoms with Gasteiger partial charge in [-0.15, -0.1) is 0 Å². The second-order valence-corrected chi connectivity index (χ2v) is 9.88. The Bertz CT molecular complexity index is 1140. The standard InChI is InChI=1S/C26H31ClFN5O3/c1-19(2)31-9-11-32(12-10-31)21-4-6-22(7-5-21)34-14-23-15-35-26(36-23,16-33-18-29-17-30-33)24-8-3-20(27)13-25(24)28/h3-8,13,17-19,23H,9-12,14-16H2,1-2H3. The third kappa shape index (κ3) is 5.49. The van der Waals surface area contributed by atoms with Crippen molar-refractivity contribution in [3.05, 3.63) is 71.5 Å². The number of rotatable bonds is 8. The molecule has 2 saturated heterocycles. The van der Waals surface area contributed by atoms with Gasteiger partial charge in [-0.05, 0) is 56.3 Å². The summed E-state index contributed by atoms with van der Waals surface area (Å²) in [5, 5.41) is 4.44. The maximum atomic E-state index is 14.9. The molecule has 0 N–H and O–H groups in total. The Morgan fingerprint density at radius 3 is 2.58 bits per heavy atom. The first-order chi connectivity index (χ1) is 17.4. The van der Waals surface area contributed by atoms with Crippen LogP contribution in [0.25, 0.3) is 0 Å². The molecule has 192 valence electrons. The summed E-state index contributed by atoms with van der Waals surface area (Å²) in [5.74, 6) is -1.12. The Morgan fingerprint density at radius 1 is 1.14 bits per heavy atom. The lowest BCUT2D eigenvalue weighted by atomic mass is 10.0. The Hall–Kier alpha value is -2.72. The number of hydrogen-bond acceptors (Lipinski definition) is 7. The summed E-state index contributed by atoms with van der Waals surface area (Å²) in [4.78, 5) is 8.86. The van der Waals surface area contributed by atoms with Crippen LogP contribution in [0.1, 0.15) is 19.4 Å². The second kappa shape index (κ2) is 10.7. The van der Waals surface area contributed by atoms with Crippen molar-refractivity contribution in [1.29, 1.82) is 0 Å². The number of hydrogen-bond donors (Lipinski definition) is 0. The van der Waals surface area contributed by atoms with Crippen molar-refractivity contribution in [2.45, 2.75) is 38.3 Å². The van der Waals surface area contributed by atoms with Crippen LogP contribution < -0.4 is 9.64 Å². The van der Waals surface area contributed by atoms with Gasteiger partial charge in [-0.3, -0.25) is 4.90 Å². The second-order valence-electron chi connectivity index (χ2n) is 9.44. The van der Waals surface area contributed by atoms with Crippen LogP contribution in [-0.2, 0) is 21.8 Å². The molecule has 0 spiro atoms. The van der Waals surface area contributed by atoms with E-state index in [9.17, 15) is 4.39 Å². The van der Waals surface area contributed by atoms with Gasteiger partial charge < -0.3 is 19.1 Å². The normalized spacial score (nSPS) is 22.9. The molecule has 2 aliphatic heterocycles. The van der Waals surface area contributed by atoms with Crippen LogP contribution in [0.4, 0.5) is 10.1 Å². The van der Waals surface area contributed by atoms with Crippen molar-refractivity contribution in [1.82, 2.24) is 19.7 Å². The molecule has 36 heavy (non-hydrogen) atoms. The van der Waals surface area contributed by atoms with Gasteiger partial charge in [0.25, 0.3) is 0 Å². The Morgan fingerprint density at radius 2 is 1.92 bits per heavy atom. The Balaban J connectivity index is 1.21. The molecule has 2 atom stereocenters. The number of ether oxygens (including phenoxy) is 3. The third-order valence-corrected chi connectivity index (χ3v) is 6.96. The van der Waals surface area contributed by atoms with Crippen LogP contribution in [0.15, 0.2) is 55.1 Å². The number of nitrogens with zero attached hydrogens (tertiary/aromatic N) is 5. The first-order valence-electron chi connectivity index (χ1n) is 12.2. The summed E-state index contributed by atoms with van der Waals surface area (Å²) in [6, 6.07) is 13.1. The van der Waals surface area contributed by atoms with Crippen LogP contribution in [-0.4, -0.2) is 71.2 Å². The number of anilines is 1. The average molecular weight is 516 g/mol. The van der Waals surface area contributed by atoms with Gasteiger partial charge in [0, 0.05) is 48.5 Å². The molecular weight excluding hydrogens is 485 g/mol. The molecule has 8 nitrogen and oxygen atoms in total. The van der Waals surface area contributed by atoms with Gasteiger partial charge >= 0.3 is 0 Å². The third-order valence-electron chi connectivity index (χ3n) is 6.72. The maximum Gasteiger partial charge on any atom is 0.218 e. The lowest BCUT2D eigenvalue weighted by Crippen LogP contribution is -2.48. The van der Waals surface area contributed by atoms with Crippen LogP contribution in [0, 0.1) is 5.82 Å². The molecule has 0 radical (unpaired) electrons. The van der Waals surface area contributed by atoms with E-state index in [1.54, 1.807) is 16.8 Å². The average Bonchev–Trinajstić information content (AvgIpc) is 3.54. The molecular formula is C26H31ClFN5O3. The molecule has 2 aliphatic rings. The molecule has 2 unspecified atom stereocenters. The van der Waals surface area contributed by atoms with E-state index in [0.717, 1.165) is 31.9 Å². The van der Waals surface area contributed by atoms with Gasteiger partial charge in [0.2, 0.25) is 5.79 Å². The quantitative estimate of drug-likeness (QED) is 0.450. The van der Waals surface area contributed by atoms with Crippen molar-refractivity contribution >= 4 is 17.3 Å². The minimum atomic E-state index is -1.36. The summed E-state index contributed by atoms with van der Waals surface area (Å²) >= 11 is 5.96. The molecule has 3 aromatic rings. The fraction of sp³-hybridized carbons (Fsp3) is 0.462. The fourth-order valence-corrected chi connectivity index (χ4v) is 4.88. The molecule has 5 rings (SSSR count). The molecule has 3 heterocycles. The molecule has 0 saturated carbocycles. The van der Waals surface area contributed by atoms with E-state index in [2.05, 4.69) is 45.9 Å². The van der Waals surface area contributed by atoms with Gasteiger partial charge in [-0.1, -0.05) is 11.6 Å². The lowest BCUT2D eigenvalue weighted by Gasteiger charge is -2.38. The van der Waals surface area contributed by atoms with Crippen LogP contribution in [0.5, 0.6) is 5.75 Å². The smallest absolute Gasteiger partial charge is 0.218 e. The van der Waals surface area contributed by atoms with Crippen LogP contribution in [0.3, 0.4) is 0 Å². The highest BCUT2D eigenvalue weighted by Gasteiger charge is 2.46. The van der Waals surface area contributed by atoms with Gasteiger partial charge in [-0.25, -0.2) is 14.1 Å². The topological polar surface area (TPSA) is 64.9 Å². The molecule has 1 aromatic heterocycles. The molecule has 0 amide bonds. The van der Waals surface area contributed by atoms with E-state index in [0.29, 0.717) is 11.1 Å². The van der Waals surface area contributed by atoms with E-state index in [1.165, 1.54) is 24.4 Å². The largest absolute Gasteiger partial charge is 0.491 e. The predicted octanol–water partition coefficient (Wildman–Crippen LogP) is 3.95. The molecule has 0 bridgehead atoms. The molecule has 2 fully saturated rings. The van der Waals surface area contributed by atoms with Crippen LogP contribution in [0.2, 0.25) is 5.02 Å². The fourth-order valence-electron chi connectivity index (χ4n) is 4.72. The number of piperazine rings is 1. The maximum absolute atomic E-state index is 14.9. The minimum Gasteiger partial charge on any atom is -0.491 e. The van der Waals surface area contributed by atoms with Crippen molar-refractivity contribution in [2.24, 2.45) is 0 Å². The van der Waals surface area contributed by atoms with E-state index in [1.807, 2.05) is 12.1 Å². The van der Waals surface area contributed by atoms with Crippen molar-refractivity contribution in [2.75, 3.05) is 44.3 Å². The summed E-state index contributed by atoms with van der Waals surface area (Å²) in [7, 11) is 0. The van der Waals surface area contributed by atoms with Crippen molar-refractivity contribution in [3.63, 3.8) is 0 Å². The zero-order chi connectivity index (χ0) is 25.1. The van der Waals surface area contributed by atoms with Crippen molar-refractivity contribution < 1.29 is 18.6 Å². The summed E-state index contributed by atoms with van der Waals surface area (Å²) in [5.41, 5.74) is 1.45.